The average Bonchev–Trinajstić information content (AvgIpc) is 2.43. The monoisotopic (exact) mass is 276 g/mol. The number of likely N-dealkylation sites (tertiary alicyclic amines) is 1. The number of unbranched alkanes of at least 4 members (excludes halogenated alkanes) is 2. The minimum Gasteiger partial charge on any atom is -0.356 e. The Kier molecular flexibility index (Phi) is 5.03. The van der Waals surface area contributed by atoms with Crippen LogP contribution in [0.2, 0.25) is 0 Å². The molecular weight excluding hydrogens is 256 g/mol. The third-order valence-corrected chi connectivity index (χ3v) is 3.40. The fourth-order valence-corrected chi connectivity index (χ4v) is 2.11. The molecule has 6 heteroatoms. The molecule has 0 radical (unpaired) electrons. The van der Waals surface area contributed by atoms with Crippen LogP contribution < -0.4 is 5.32 Å². The number of nitrogens with one attached hydrogen (secondary N) is 1. The van der Waals surface area contributed by atoms with Crippen molar-refractivity contribution in [2.24, 2.45) is 5.92 Å². The fraction of sp³-hybridized carbons (Fsp3) is 0.571. The van der Waals surface area contributed by atoms with Crippen molar-refractivity contribution in [1.29, 1.82) is 0 Å². The molecule has 1 aliphatic heterocycles. The first-order chi connectivity index (χ1) is 9.72. The summed E-state index contributed by atoms with van der Waals surface area (Å²) < 4.78 is 0. The third kappa shape index (κ3) is 3.53. The first-order valence-corrected chi connectivity index (χ1v) is 7.05. The Hall–Kier alpha value is -1.98. The van der Waals surface area contributed by atoms with E-state index in [1.54, 1.807) is 4.90 Å². The van der Waals surface area contributed by atoms with E-state index >= 15 is 0 Å². The molecule has 1 saturated heterocycles. The van der Waals surface area contributed by atoms with Crippen LogP contribution in [0.25, 0.3) is 0 Å². The summed E-state index contributed by atoms with van der Waals surface area (Å²) in [6.45, 7) is 3.79. The Morgan fingerprint density at radius 2 is 2.15 bits per heavy atom. The van der Waals surface area contributed by atoms with Crippen molar-refractivity contribution >= 4 is 11.8 Å². The smallest absolute Gasteiger partial charge is 0.274 e. The van der Waals surface area contributed by atoms with Crippen molar-refractivity contribution in [3.05, 3.63) is 24.3 Å². The number of carbonyl (C=O) groups is 2. The zero-order chi connectivity index (χ0) is 14.4. The summed E-state index contributed by atoms with van der Waals surface area (Å²) in [5.74, 6) is -0.199. The van der Waals surface area contributed by atoms with Crippen LogP contribution in [0.15, 0.2) is 18.6 Å². The van der Waals surface area contributed by atoms with Crippen LogP contribution in [0.1, 0.15) is 36.7 Å². The molecule has 0 saturated carbocycles. The number of amides is 2. The highest BCUT2D eigenvalue weighted by Crippen LogP contribution is 2.17. The van der Waals surface area contributed by atoms with Gasteiger partial charge in [0.1, 0.15) is 5.69 Å². The highest BCUT2D eigenvalue weighted by atomic mass is 16.2. The number of nitrogens with zero attached hydrogens (tertiary/aromatic N) is 3. The first kappa shape index (κ1) is 14.4. The molecule has 20 heavy (non-hydrogen) atoms. The van der Waals surface area contributed by atoms with Crippen LogP contribution in [0.5, 0.6) is 0 Å². The maximum absolute atomic E-state index is 12.0. The zero-order valence-electron chi connectivity index (χ0n) is 11.7. The van der Waals surface area contributed by atoms with Gasteiger partial charge in [-0.3, -0.25) is 14.6 Å². The van der Waals surface area contributed by atoms with E-state index in [1.807, 2.05) is 0 Å². The standard InChI is InChI=1S/C14H20N4O2/c1-2-3-4-5-17-13(19)11-9-18(10-11)14(20)12-8-15-6-7-16-12/h6-8,11H,2-5,9-10H2,1H3,(H,17,19). The predicted molar refractivity (Wildman–Crippen MR) is 74.0 cm³/mol. The van der Waals surface area contributed by atoms with Gasteiger partial charge in [0.2, 0.25) is 5.91 Å². The SMILES string of the molecule is CCCCCNC(=O)C1CN(C(=O)c2cnccn2)C1. The molecule has 1 aliphatic rings. The second-order valence-electron chi connectivity index (χ2n) is 5.00. The van der Waals surface area contributed by atoms with Crippen LogP contribution in [0.4, 0.5) is 0 Å². The van der Waals surface area contributed by atoms with Gasteiger partial charge < -0.3 is 10.2 Å². The number of rotatable bonds is 6. The second kappa shape index (κ2) is 6.98. The van der Waals surface area contributed by atoms with Crippen molar-refractivity contribution in [2.45, 2.75) is 26.2 Å². The van der Waals surface area contributed by atoms with Gasteiger partial charge >= 0.3 is 0 Å². The molecule has 1 aromatic rings. The summed E-state index contributed by atoms with van der Waals surface area (Å²) in [6, 6.07) is 0. The van der Waals surface area contributed by atoms with Gasteiger partial charge in [0.05, 0.1) is 12.1 Å². The van der Waals surface area contributed by atoms with E-state index in [-0.39, 0.29) is 17.7 Å². The zero-order valence-corrected chi connectivity index (χ0v) is 11.7. The van der Waals surface area contributed by atoms with Gasteiger partial charge in [-0.1, -0.05) is 19.8 Å². The van der Waals surface area contributed by atoms with Gasteiger partial charge in [-0.05, 0) is 6.42 Å². The predicted octanol–water partition coefficient (Wildman–Crippen LogP) is 0.855. The van der Waals surface area contributed by atoms with Crippen molar-refractivity contribution in [3.8, 4) is 0 Å². The molecule has 0 atom stereocenters. The van der Waals surface area contributed by atoms with E-state index < -0.39 is 0 Å². The van der Waals surface area contributed by atoms with Gasteiger partial charge in [-0.15, -0.1) is 0 Å². The van der Waals surface area contributed by atoms with Gasteiger partial charge in [-0.25, -0.2) is 4.98 Å². The lowest BCUT2D eigenvalue weighted by molar-refractivity contribution is -0.128. The average molecular weight is 276 g/mol. The lowest BCUT2D eigenvalue weighted by Gasteiger charge is -2.37. The summed E-state index contributed by atoms with van der Waals surface area (Å²) in [6.07, 6.45) is 7.74. The Labute approximate surface area is 118 Å². The number of hydrogen-bond donors (Lipinski definition) is 1. The molecule has 1 fully saturated rings. The number of carbonyl (C=O) groups excluding carboxylic acids is 2. The first-order valence-electron chi connectivity index (χ1n) is 7.05. The lowest BCUT2D eigenvalue weighted by atomic mass is 9.98. The van der Waals surface area contributed by atoms with Crippen LogP contribution in [0.3, 0.4) is 0 Å². The van der Waals surface area contributed by atoms with E-state index in [9.17, 15) is 9.59 Å². The lowest BCUT2D eigenvalue weighted by Crippen LogP contribution is -2.55. The maximum Gasteiger partial charge on any atom is 0.274 e. The normalized spacial score (nSPS) is 14.8. The molecule has 0 unspecified atom stereocenters. The number of aromatic nitrogens is 2. The number of hydrogen-bond acceptors (Lipinski definition) is 4. The molecule has 1 aromatic heterocycles. The van der Waals surface area contributed by atoms with Gasteiger partial charge in [-0.2, -0.15) is 0 Å². The van der Waals surface area contributed by atoms with Crippen molar-refractivity contribution in [1.82, 2.24) is 20.2 Å². The van der Waals surface area contributed by atoms with Crippen LogP contribution in [-0.4, -0.2) is 46.3 Å². The summed E-state index contributed by atoms with van der Waals surface area (Å²) in [4.78, 5) is 33.3. The minimum atomic E-state index is -0.159. The molecule has 0 bridgehead atoms. The van der Waals surface area contributed by atoms with E-state index in [1.165, 1.54) is 18.6 Å². The van der Waals surface area contributed by atoms with Crippen LogP contribution in [0, 0.1) is 5.92 Å². The summed E-state index contributed by atoms with van der Waals surface area (Å²) in [5.41, 5.74) is 0.328. The molecule has 0 aromatic carbocycles. The van der Waals surface area contributed by atoms with E-state index in [4.69, 9.17) is 0 Å². The maximum atomic E-state index is 12.0. The summed E-state index contributed by atoms with van der Waals surface area (Å²) in [5, 5.41) is 2.91. The molecule has 2 heterocycles. The summed E-state index contributed by atoms with van der Waals surface area (Å²) >= 11 is 0. The Balaban J connectivity index is 1.71. The van der Waals surface area contributed by atoms with Crippen molar-refractivity contribution in [2.75, 3.05) is 19.6 Å². The van der Waals surface area contributed by atoms with Crippen molar-refractivity contribution < 1.29 is 9.59 Å². The van der Waals surface area contributed by atoms with Gasteiger partial charge in [0.15, 0.2) is 0 Å². The summed E-state index contributed by atoms with van der Waals surface area (Å²) in [7, 11) is 0. The van der Waals surface area contributed by atoms with Crippen LogP contribution >= 0.6 is 0 Å². The fourth-order valence-electron chi connectivity index (χ4n) is 2.11. The molecule has 6 nitrogen and oxygen atoms in total. The molecular formula is C14H20N4O2. The Bertz CT molecular complexity index is 458. The van der Waals surface area contributed by atoms with Crippen molar-refractivity contribution in [3.63, 3.8) is 0 Å². The second-order valence-corrected chi connectivity index (χ2v) is 5.00. The molecule has 108 valence electrons. The molecule has 0 aliphatic carbocycles. The van der Waals surface area contributed by atoms with E-state index in [2.05, 4.69) is 22.2 Å². The van der Waals surface area contributed by atoms with E-state index in [0.29, 0.717) is 18.8 Å². The quantitative estimate of drug-likeness (QED) is 0.782. The molecule has 2 amide bonds. The highest BCUT2D eigenvalue weighted by molar-refractivity contribution is 5.94. The molecule has 0 spiro atoms. The minimum absolute atomic E-state index is 0.0456. The molecule has 2 rings (SSSR count). The van der Waals surface area contributed by atoms with Crippen LogP contribution in [-0.2, 0) is 4.79 Å². The largest absolute Gasteiger partial charge is 0.356 e. The van der Waals surface area contributed by atoms with E-state index in [0.717, 1.165) is 25.8 Å². The highest BCUT2D eigenvalue weighted by Gasteiger charge is 2.36. The van der Waals surface area contributed by atoms with Gasteiger partial charge in [0, 0.05) is 32.0 Å². The third-order valence-electron chi connectivity index (χ3n) is 3.40. The Morgan fingerprint density at radius 3 is 2.80 bits per heavy atom. The Morgan fingerprint density at radius 1 is 1.35 bits per heavy atom. The molecule has 1 N–H and O–H groups in total. The van der Waals surface area contributed by atoms with Gasteiger partial charge in [0.25, 0.3) is 5.91 Å². The topological polar surface area (TPSA) is 75.2 Å².